The number of rotatable bonds is 11. The number of esters is 1. The number of benzene rings is 2. The Morgan fingerprint density at radius 2 is 1.68 bits per heavy atom. The van der Waals surface area contributed by atoms with Gasteiger partial charge in [0.15, 0.2) is 29.1 Å². The highest BCUT2D eigenvalue weighted by atomic mass is 19.1. The number of nitrogens with zero attached hydrogens (tertiary/aromatic N) is 1. The number of methoxy groups -OCH3 is 2. The molecule has 0 saturated carbocycles. The maximum Gasteiger partial charge on any atom is 0.309 e. The van der Waals surface area contributed by atoms with E-state index in [0.717, 1.165) is 5.56 Å². The van der Waals surface area contributed by atoms with Crippen LogP contribution in [0.5, 0.6) is 23.0 Å². The van der Waals surface area contributed by atoms with Crippen LogP contribution in [-0.2, 0) is 9.53 Å². The summed E-state index contributed by atoms with van der Waals surface area (Å²) in [5, 5.41) is 10.2. The van der Waals surface area contributed by atoms with Crippen molar-refractivity contribution in [3.05, 3.63) is 77.4 Å². The first-order valence-corrected chi connectivity index (χ1v) is 11.7. The highest BCUT2D eigenvalue weighted by Crippen LogP contribution is 2.34. The quantitative estimate of drug-likeness (QED) is 0.276. The minimum atomic E-state index is -0.850. The Kier molecular flexibility index (Phi) is 9.05. The van der Waals surface area contributed by atoms with Gasteiger partial charge in [0.2, 0.25) is 0 Å². The van der Waals surface area contributed by atoms with E-state index in [9.17, 15) is 19.1 Å². The van der Waals surface area contributed by atoms with E-state index < -0.39 is 35.7 Å². The Labute approximate surface area is 215 Å². The summed E-state index contributed by atoms with van der Waals surface area (Å²) in [6, 6.07) is 12.7. The topological polar surface area (TPSA) is 104 Å². The standard InChI is InChI=1S/C28H30FNO7/c1-16-6-9-20(10-7-16)37-27(21-11-8-19(29)15-24(21)35-5)18(3)36-28(33)17(2)14-22(31)25-26(32)23(34-4)12-13-30-25/h6-13,15,17-18,27,32H,14H2,1-5H3/t17-,18+,27+/m1/s1. The summed E-state index contributed by atoms with van der Waals surface area (Å²) in [6.07, 6.45) is -0.592. The molecule has 0 fully saturated rings. The van der Waals surface area contributed by atoms with Gasteiger partial charge in [-0.2, -0.15) is 0 Å². The summed E-state index contributed by atoms with van der Waals surface area (Å²) in [4.78, 5) is 29.6. The first-order chi connectivity index (χ1) is 17.6. The molecule has 3 atom stereocenters. The Morgan fingerprint density at radius 3 is 2.32 bits per heavy atom. The normalized spacial score (nSPS) is 13.2. The van der Waals surface area contributed by atoms with Gasteiger partial charge in [0.25, 0.3) is 0 Å². The molecule has 0 unspecified atom stereocenters. The number of hydrogen-bond donors (Lipinski definition) is 1. The lowest BCUT2D eigenvalue weighted by Gasteiger charge is -2.27. The molecular formula is C28H30FNO7. The Bertz CT molecular complexity index is 1250. The fourth-order valence-corrected chi connectivity index (χ4v) is 3.72. The molecule has 0 aliphatic rings. The summed E-state index contributed by atoms with van der Waals surface area (Å²) in [5.41, 5.74) is 1.33. The van der Waals surface area contributed by atoms with E-state index in [4.69, 9.17) is 18.9 Å². The monoisotopic (exact) mass is 511 g/mol. The third-order valence-corrected chi connectivity index (χ3v) is 5.78. The second kappa shape index (κ2) is 12.2. The van der Waals surface area contributed by atoms with Crippen molar-refractivity contribution in [2.24, 2.45) is 5.92 Å². The van der Waals surface area contributed by atoms with Gasteiger partial charge in [0, 0.05) is 30.3 Å². The van der Waals surface area contributed by atoms with E-state index in [2.05, 4.69) is 4.98 Å². The number of carbonyl (C=O) groups excluding carboxylic acids is 2. The zero-order chi connectivity index (χ0) is 27.1. The Balaban J connectivity index is 1.79. The summed E-state index contributed by atoms with van der Waals surface area (Å²) in [7, 11) is 2.77. The van der Waals surface area contributed by atoms with Crippen LogP contribution < -0.4 is 14.2 Å². The first kappa shape index (κ1) is 27.4. The number of pyridine rings is 1. The minimum Gasteiger partial charge on any atom is -0.503 e. The van der Waals surface area contributed by atoms with Crippen LogP contribution in [0.4, 0.5) is 4.39 Å². The number of aromatic hydroxyl groups is 1. The van der Waals surface area contributed by atoms with Crippen molar-refractivity contribution in [2.45, 2.75) is 39.4 Å². The maximum absolute atomic E-state index is 13.9. The number of aryl methyl sites for hydroxylation is 1. The number of hydrogen-bond acceptors (Lipinski definition) is 8. The Morgan fingerprint density at radius 1 is 1.00 bits per heavy atom. The summed E-state index contributed by atoms with van der Waals surface area (Å²) >= 11 is 0. The van der Waals surface area contributed by atoms with Gasteiger partial charge in [0.05, 0.1) is 20.1 Å². The zero-order valence-corrected chi connectivity index (χ0v) is 21.4. The van der Waals surface area contributed by atoms with Crippen LogP contribution in [-0.4, -0.2) is 42.2 Å². The van der Waals surface area contributed by atoms with Gasteiger partial charge in [-0.3, -0.25) is 9.59 Å². The highest BCUT2D eigenvalue weighted by molar-refractivity contribution is 5.99. The van der Waals surface area contributed by atoms with E-state index in [1.165, 1.54) is 44.7 Å². The molecule has 0 bridgehead atoms. The first-order valence-electron chi connectivity index (χ1n) is 11.7. The molecule has 0 radical (unpaired) electrons. The molecule has 0 aliphatic carbocycles. The van der Waals surface area contributed by atoms with Gasteiger partial charge in [0.1, 0.15) is 23.4 Å². The predicted molar refractivity (Wildman–Crippen MR) is 134 cm³/mol. The van der Waals surface area contributed by atoms with E-state index in [1.54, 1.807) is 26.0 Å². The van der Waals surface area contributed by atoms with Crippen LogP contribution in [0.15, 0.2) is 54.7 Å². The van der Waals surface area contributed by atoms with E-state index in [1.807, 2.05) is 19.1 Å². The molecule has 9 heteroatoms. The average Bonchev–Trinajstić information content (AvgIpc) is 2.88. The summed E-state index contributed by atoms with van der Waals surface area (Å²) in [5.74, 6) is -2.05. The van der Waals surface area contributed by atoms with Crippen LogP contribution >= 0.6 is 0 Å². The van der Waals surface area contributed by atoms with Crippen molar-refractivity contribution < 1.29 is 38.0 Å². The van der Waals surface area contributed by atoms with Gasteiger partial charge < -0.3 is 24.1 Å². The molecule has 0 spiro atoms. The van der Waals surface area contributed by atoms with Gasteiger partial charge >= 0.3 is 5.97 Å². The molecule has 37 heavy (non-hydrogen) atoms. The molecule has 1 N–H and O–H groups in total. The van der Waals surface area contributed by atoms with Crippen LogP contribution in [0.3, 0.4) is 0 Å². The van der Waals surface area contributed by atoms with Crippen LogP contribution in [0, 0.1) is 18.7 Å². The lowest BCUT2D eigenvalue weighted by molar-refractivity contribution is -0.157. The number of ketones is 1. The van der Waals surface area contributed by atoms with Crippen LogP contribution in [0.2, 0.25) is 0 Å². The molecule has 3 rings (SSSR count). The number of Topliss-reactive ketones (excluding diaryl/α,β-unsaturated/α-hetero) is 1. The fourth-order valence-electron chi connectivity index (χ4n) is 3.72. The van der Waals surface area contributed by atoms with Crippen molar-refractivity contribution in [1.82, 2.24) is 4.98 Å². The fraction of sp³-hybridized carbons (Fsp3) is 0.321. The van der Waals surface area contributed by atoms with E-state index in [0.29, 0.717) is 11.3 Å². The molecule has 196 valence electrons. The second-order valence-electron chi connectivity index (χ2n) is 8.62. The molecule has 1 heterocycles. The molecule has 0 saturated heterocycles. The lowest BCUT2D eigenvalue weighted by atomic mass is 10.0. The van der Waals surface area contributed by atoms with Crippen molar-refractivity contribution in [3.8, 4) is 23.0 Å². The van der Waals surface area contributed by atoms with Crippen molar-refractivity contribution in [3.63, 3.8) is 0 Å². The van der Waals surface area contributed by atoms with Gasteiger partial charge in [-0.1, -0.05) is 24.6 Å². The molecule has 8 nitrogen and oxygen atoms in total. The molecule has 1 aromatic heterocycles. The maximum atomic E-state index is 13.9. The smallest absolute Gasteiger partial charge is 0.309 e. The molecule has 2 aromatic carbocycles. The van der Waals surface area contributed by atoms with Gasteiger partial charge in [-0.15, -0.1) is 0 Å². The highest BCUT2D eigenvalue weighted by Gasteiger charge is 2.31. The number of aromatic nitrogens is 1. The number of carbonyl (C=O) groups is 2. The third-order valence-electron chi connectivity index (χ3n) is 5.78. The van der Waals surface area contributed by atoms with Gasteiger partial charge in [-0.25, -0.2) is 9.37 Å². The average molecular weight is 512 g/mol. The molecule has 0 amide bonds. The zero-order valence-electron chi connectivity index (χ0n) is 21.4. The van der Waals surface area contributed by atoms with Crippen molar-refractivity contribution in [1.29, 1.82) is 0 Å². The van der Waals surface area contributed by atoms with Gasteiger partial charge in [-0.05, 0) is 38.1 Å². The SMILES string of the molecule is COc1cc(F)ccc1[C@@H](Oc1ccc(C)cc1)[C@H](C)OC(=O)[C@H](C)CC(=O)c1nccc(OC)c1O. The van der Waals surface area contributed by atoms with E-state index in [-0.39, 0.29) is 29.4 Å². The number of halogens is 1. The van der Waals surface area contributed by atoms with Crippen LogP contribution in [0.25, 0.3) is 0 Å². The molecule has 3 aromatic rings. The van der Waals surface area contributed by atoms with Crippen molar-refractivity contribution >= 4 is 11.8 Å². The largest absolute Gasteiger partial charge is 0.503 e. The summed E-state index contributed by atoms with van der Waals surface area (Å²) < 4.78 is 36.1. The predicted octanol–water partition coefficient (Wildman–Crippen LogP) is 5.21. The van der Waals surface area contributed by atoms with Crippen LogP contribution in [0.1, 0.15) is 48.0 Å². The van der Waals surface area contributed by atoms with E-state index >= 15 is 0 Å². The third kappa shape index (κ3) is 6.75. The lowest BCUT2D eigenvalue weighted by Crippen LogP contribution is -2.30. The second-order valence-corrected chi connectivity index (χ2v) is 8.62. The number of ether oxygens (including phenoxy) is 4. The molecular weight excluding hydrogens is 481 g/mol. The van der Waals surface area contributed by atoms with Crippen molar-refractivity contribution in [2.75, 3.05) is 14.2 Å². The summed E-state index contributed by atoms with van der Waals surface area (Å²) in [6.45, 7) is 5.13. The molecule has 0 aliphatic heterocycles. The minimum absolute atomic E-state index is 0.103. The Hall–Kier alpha value is -4.14.